The summed E-state index contributed by atoms with van der Waals surface area (Å²) < 4.78 is 16.7. The molecule has 0 radical (unpaired) electrons. The molecule has 1 heterocycles. The van der Waals surface area contributed by atoms with Gasteiger partial charge in [-0.3, -0.25) is 0 Å². The van der Waals surface area contributed by atoms with Gasteiger partial charge in [0.1, 0.15) is 5.60 Å². The van der Waals surface area contributed by atoms with E-state index in [1.807, 2.05) is 20.8 Å². The Bertz CT molecular complexity index is 394. The molecule has 0 bridgehead atoms. The van der Waals surface area contributed by atoms with Crippen LogP contribution in [0.3, 0.4) is 0 Å². The Balaban J connectivity index is 2.22. The minimum atomic E-state index is -0.266. The van der Waals surface area contributed by atoms with Crippen molar-refractivity contribution in [1.82, 2.24) is 4.98 Å². The van der Waals surface area contributed by atoms with Crippen LogP contribution >= 0.6 is 0 Å². The van der Waals surface area contributed by atoms with E-state index < -0.39 is 0 Å². The predicted molar refractivity (Wildman–Crippen MR) is 64.8 cm³/mol. The average Bonchev–Trinajstić information content (AvgIpc) is 3.02. The first-order valence-electron chi connectivity index (χ1n) is 5.87. The standard InChI is InChI=1S/C13H19NO3/c1-13(2,3)17-11-8-14-12(15-4)7-10(11)16-9-5-6-9/h7-9H,5-6H2,1-4H3. The summed E-state index contributed by atoms with van der Waals surface area (Å²) in [6.07, 6.45) is 4.20. The van der Waals surface area contributed by atoms with Gasteiger partial charge in [0.2, 0.25) is 5.88 Å². The van der Waals surface area contributed by atoms with Crippen LogP contribution in [0.1, 0.15) is 33.6 Å². The first kappa shape index (κ1) is 12.0. The van der Waals surface area contributed by atoms with Gasteiger partial charge >= 0.3 is 0 Å². The van der Waals surface area contributed by atoms with Gasteiger partial charge in [-0.1, -0.05) is 0 Å². The summed E-state index contributed by atoms with van der Waals surface area (Å²) in [6, 6.07) is 1.78. The van der Waals surface area contributed by atoms with Gasteiger partial charge in [-0.2, -0.15) is 0 Å². The normalized spacial score (nSPS) is 15.5. The zero-order valence-electron chi connectivity index (χ0n) is 10.8. The molecule has 17 heavy (non-hydrogen) atoms. The lowest BCUT2D eigenvalue weighted by Crippen LogP contribution is -2.23. The fourth-order valence-electron chi connectivity index (χ4n) is 1.38. The number of aromatic nitrogens is 1. The molecule has 1 aliphatic carbocycles. The van der Waals surface area contributed by atoms with E-state index in [1.54, 1.807) is 19.4 Å². The van der Waals surface area contributed by atoms with Gasteiger partial charge in [-0.05, 0) is 33.6 Å². The predicted octanol–water partition coefficient (Wildman–Crippen LogP) is 2.81. The summed E-state index contributed by atoms with van der Waals surface area (Å²) in [6.45, 7) is 5.99. The number of pyridine rings is 1. The lowest BCUT2D eigenvalue weighted by molar-refractivity contribution is 0.121. The zero-order valence-corrected chi connectivity index (χ0v) is 10.8. The van der Waals surface area contributed by atoms with E-state index in [-0.39, 0.29) is 5.60 Å². The minimum absolute atomic E-state index is 0.266. The van der Waals surface area contributed by atoms with Gasteiger partial charge in [-0.15, -0.1) is 0 Å². The third kappa shape index (κ3) is 3.51. The topological polar surface area (TPSA) is 40.6 Å². The first-order chi connectivity index (χ1) is 7.98. The van der Waals surface area contributed by atoms with Crippen molar-refractivity contribution in [2.75, 3.05) is 7.11 Å². The number of hydrogen-bond donors (Lipinski definition) is 0. The third-order valence-electron chi connectivity index (χ3n) is 2.25. The highest BCUT2D eigenvalue weighted by Crippen LogP contribution is 2.36. The molecule has 4 heteroatoms. The molecule has 0 N–H and O–H groups in total. The van der Waals surface area contributed by atoms with Gasteiger partial charge in [0.25, 0.3) is 0 Å². The maximum atomic E-state index is 5.82. The van der Waals surface area contributed by atoms with Crippen LogP contribution in [-0.4, -0.2) is 23.8 Å². The molecule has 0 aliphatic heterocycles. The molecule has 0 spiro atoms. The number of rotatable bonds is 4. The van der Waals surface area contributed by atoms with E-state index >= 15 is 0 Å². The Morgan fingerprint density at radius 3 is 2.47 bits per heavy atom. The van der Waals surface area contributed by atoms with E-state index in [2.05, 4.69) is 4.98 Å². The minimum Gasteiger partial charge on any atom is -0.486 e. The number of hydrogen-bond acceptors (Lipinski definition) is 4. The van der Waals surface area contributed by atoms with Gasteiger partial charge in [0.15, 0.2) is 11.5 Å². The van der Waals surface area contributed by atoms with Gasteiger partial charge in [0.05, 0.1) is 19.4 Å². The highest BCUT2D eigenvalue weighted by atomic mass is 16.5. The summed E-state index contributed by atoms with van der Waals surface area (Å²) >= 11 is 0. The summed E-state index contributed by atoms with van der Waals surface area (Å²) in [7, 11) is 1.59. The van der Waals surface area contributed by atoms with E-state index in [0.717, 1.165) is 12.8 Å². The summed E-state index contributed by atoms with van der Waals surface area (Å²) in [5, 5.41) is 0. The number of nitrogens with zero attached hydrogens (tertiary/aromatic N) is 1. The van der Waals surface area contributed by atoms with E-state index in [0.29, 0.717) is 23.5 Å². The fourth-order valence-corrected chi connectivity index (χ4v) is 1.38. The van der Waals surface area contributed by atoms with Crippen molar-refractivity contribution in [3.63, 3.8) is 0 Å². The highest BCUT2D eigenvalue weighted by Gasteiger charge is 2.26. The van der Waals surface area contributed by atoms with Crippen molar-refractivity contribution in [2.24, 2.45) is 0 Å². The Kier molecular flexibility index (Phi) is 3.13. The summed E-state index contributed by atoms with van der Waals surface area (Å²) in [5.74, 6) is 1.93. The lowest BCUT2D eigenvalue weighted by Gasteiger charge is -2.23. The van der Waals surface area contributed by atoms with Crippen LogP contribution < -0.4 is 14.2 Å². The maximum absolute atomic E-state index is 5.82. The Morgan fingerprint density at radius 1 is 1.24 bits per heavy atom. The van der Waals surface area contributed by atoms with Crippen molar-refractivity contribution in [3.8, 4) is 17.4 Å². The summed E-state index contributed by atoms with van der Waals surface area (Å²) in [5.41, 5.74) is -0.266. The van der Waals surface area contributed by atoms with Crippen molar-refractivity contribution in [1.29, 1.82) is 0 Å². The SMILES string of the molecule is COc1cc(OC2CC2)c(OC(C)(C)C)cn1. The molecule has 1 aliphatic rings. The second-order valence-corrected chi connectivity index (χ2v) is 5.21. The lowest BCUT2D eigenvalue weighted by atomic mass is 10.2. The molecule has 94 valence electrons. The van der Waals surface area contributed by atoms with Crippen LogP contribution in [-0.2, 0) is 0 Å². The van der Waals surface area contributed by atoms with Gasteiger partial charge < -0.3 is 14.2 Å². The molecule has 1 aromatic rings. The Labute approximate surface area is 102 Å². The molecule has 0 aromatic carbocycles. The Morgan fingerprint density at radius 2 is 1.94 bits per heavy atom. The molecule has 0 unspecified atom stereocenters. The largest absolute Gasteiger partial charge is 0.486 e. The molecule has 0 atom stereocenters. The zero-order chi connectivity index (χ0) is 12.5. The molecule has 0 amide bonds. The molecule has 1 fully saturated rings. The second-order valence-electron chi connectivity index (χ2n) is 5.21. The molecule has 4 nitrogen and oxygen atoms in total. The fraction of sp³-hybridized carbons (Fsp3) is 0.615. The van der Waals surface area contributed by atoms with Crippen LogP contribution in [0.5, 0.6) is 17.4 Å². The molecule has 1 aromatic heterocycles. The van der Waals surface area contributed by atoms with Crippen LogP contribution in [0, 0.1) is 0 Å². The molecule has 1 saturated carbocycles. The molecular weight excluding hydrogens is 218 g/mol. The van der Waals surface area contributed by atoms with Crippen LogP contribution in [0.4, 0.5) is 0 Å². The van der Waals surface area contributed by atoms with E-state index in [1.165, 1.54) is 0 Å². The van der Waals surface area contributed by atoms with Crippen LogP contribution in [0.15, 0.2) is 12.3 Å². The average molecular weight is 237 g/mol. The van der Waals surface area contributed by atoms with Crippen LogP contribution in [0.2, 0.25) is 0 Å². The smallest absolute Gasteiger partial charge is 0.216 e. The molecule has 0 saturated heterocycles. The van der Waals surface area contributed by atoms with Crippen molar-refractivity contribution >= 4 is 0 Å². The van der Waals surface area contributed by atoms with Crippen molar-refractivity contribution in [2.45, 2.75) is 45.3 Å². The summed E-state index contributed by atoms with van der Waals surface area (Å²) in [4.78, 5) is 4.14. The third-order valence-corrected chi connectivity index (χ3v) is 2.25. The van der Waals surface area contributed by atoms with Crippen molar-refractivity contribution in [3.05, 3.63) is 12.3 Å². The monoisotopic (exact) mass is 237 g/mol. The second kappa shape index (κ2) is 4.43. The quantitative estimate of drug-likeness (QED) is 0.807. The van der Waals surface area contributed by atoms with Gasteiger partial charge in [-0.25, -0.2) is 4.98 Å². The van der Waals surface area contributed by atoms with Gasteiger partial charge in [0, 0.05) is 6.07 Å². The number of ether oxygens (including phenoxy) is 3. The van der Waals surface area contributed by atoms with Crippen LogP contribution in [0.25, 0.3) is 0 Å². The van der Waals surface area contributed by atoms with E-state index in [4.69, 9.17) is 14.2 Å². The molecular formula is C13H19NO3. The first-order valence-corrected chi connectivity index (χ1v) is 5.87. The van der Waals surface area contributed by atoms with E-state index in [9.17, 15) is 0 Å². The molecule has 2 rings (SSSR count). The number of methoxy groups -OCH3 is 1. The van der Waals surface area contributed by atoms with Crippen molar-refractivity contribution < 1.29 is 14.2 Å². The maximum Gasteiger partial charge on any atom is 0.216 e. The Hall–Kier alpha value is -1.45. The highest BCUT2D eigenvalue weighted by molar-refractivity contribution is 5.41.